The number of rotatable bonds is 1. The van der Waals surface area contributed by atoms with Crippen molar-refractivity contribution in [2.75, 3.05) is 26.3 Å². The van der Waals surface area contributed by atoms with Crippen molar-refractivity contribution >= 4 is 0 Å². The van der Waals surface area contributed by atoms with Gasteiger partial charge in [-0.3, -0.25) is 4.90 Å². The first kappa shape index (κ1) is 10.4. The molecular formula is C12H23NO. The Hall–Kier alpha value is -0.0800. The van der Waals surface area contributed by atoms with E-state index in [0.717, 1.165) is 19.3 Å². The lowest BCUT2D eigenvalue weighted by Gasteiger charge is -2.35. The molecule has 2 fully saturated rings. The monoisotopic (exact) mass is 197 g/mol. The van der Waals surface area contributed by atoms with E-state index in [1.54, 1.807) is 0 Å². The minimum Gasteiger partial charge on any atom is -0.379 e. The lowest BCUT2D eigenvalue weighted by atomic mass is 9.95. The van der Waals surface area contributed by atoms with Gasteiger partial charge in [-0.25, -0.2) is 0 Å². The lowest BCUT2D eigenvalue weighted by Crippen LogP contribution is -2.43. The molecule has 2 heteroatoms. The molecule has 1 saturated heterocycles. The van der Waals surface area contributed by atoms with E-state index in [1.807, 2.05) is 0 Å². The number of morpholine rings is 1. The van der Waals surface area contributed by atoms with Crippen molar-refractivity contribution in [3.05, 3.63) is 0 Å². The maximum atomic E-state index is 5.40. The molecule has 1 heterocycles. The molecule has 0 amide bonds. The first-order valence-electron chi connectivity index (χ1n) is 6.28. The summed E-state index contributed by atoms with van der Waals surface area (Å²) in [5, 5.41) is 0. The molecular weight excluding hydrogens is 174 g/mol. The van der Waals surface area contributed by atoms with Crippen LogP contribution in [0.3, 0.4) is 0 Å². The highest BCUT2D eigenvalue weighted by atomic mass is 16.5. The van der Waals surface area contributed by atoms with Crippen molar-refractivity contribution in [2.45, 2.75) is 51.0 Å². The van der Waals surface area contributed by atoms with Crippen LogP contribution in [0.25, 0.3) is 0 Å². The van der Waals surface area contributed by atoms with Gasteiger partial charge in [0.05, 0.1) is 13.2 Å². The number of nitrogens with zero attached hydrogens (tertiary/aromatic N) is 1. The number of ether oxygens (including phenoxy) is 1. The largest absolute Gasteiger partial charge is 0.379 e. The summed E-state index contributed by atoms with van der Waals surface area (Å²) < 4.78 is 5.40. The zero-order valence-electron chi connectivity index (χ0n) is 9.21. The van der Waals surface area contributed by atoms with E-state index in [1.165, 1.54) is 58.0 Å². The molecule has 0 radical (unpaired) electrons. The standard InChI is InChI=1S/C12H23NO/c1-2-4-6-12(7-5-3-1)13-8-10-14-11-9-13/h12H,1-11H2. The molecule has 1 saturated carbocycles. The Bertz CT molecular complexity index is 146. The first-order chi connectivity index (χ1) is 6.97. The smallest absolute Gasteiger partial charge is 0.0594 e. The Balaban J connectivity index is 1.80. The quantitative estimate of drug-likeness (QED) is 0.640. The summed E-state index contributed by atoms with van der Waals surface area (Å²) in [6, 6.07) is 0.874. The van der Waals surface area contributed by atoms with Crippen LogP contribution in [0.2, 0.25) is 0 Å². The van der Waals surface area contributed by atoms with E-state index < -0.39 is 0 Å². The fourth-order valence-electron chi connectivity index (χ4n) is 2.74. The van der Waals surface area contributed by atoms with Gasteiger partial charge in [0.25, 0.3) is 0 Å². The second-order valence-electron chi connectivity index (χ2n) is 4.65. The van der Waals surface area contributed by atoms with Crippen molar-refractivity contribution < 1.29 is 4.74 Å². The molecule has 0 atom stereocenters. The summed E-state index contributed by atoms with van der Waals surface area (Å²) in [6.07, 6.45) is 10.1. The predicted molar refractivity (Wildman–Crippen MR) is 58.5 cm³/mol. The van der Waals surface area contributed by atoms with Gasteiger partial charge in [-0.2, -0.15) is 0 Å². The van der Waals surface area contributed by atoms with Gasteiger partial charge in [-0.05, 0) is 12.8 Å². The summed E-state index contributed by atoms with van der Waals surface area (Å²) in [7, 11) is 0. The predicted octanol–water partition coefficient (Wildman–Crippen LogP) is 2.43. The molecule has 0 aromatic heterocycles. The average Bonchev–Trinajstić information content (AvgIpc) is 2.18. The van der Waals surface area contributed by atoms with Crippen molar-refractivity contribution in [1.82, 2.24) is 4.90 Å². The molecule has 82 valence electrons. The summed E-state index contributed by atoms with van der Waals surface area (Å²) in [5.41, 5.74) is 0. The van der Waals surface area contributed by atoms with Gasteiger partial charge in [0.15, 0.2) is 0 Å². The Morgan fingerprint density at radius 1 is 0.786 bits per heavy atom. The summed E-state index contributed by atoms with van der Waals surface area (Å²) in [6.45, 7) is 4.25. The minimum atomic E-state index is 0.874. The van der Waals surface area contributed by atoms with Gasteiger partial charge in [0.1, 0.15) is 0 Å². The van der Waals surface area contributed by atoms with Crippen LogP contribution in [0.1, 0.15) is 44.9 Å². The van der Waals surface area contributed by atoms with Gasteiger partial charge in [0, 0.05) is 19.1 Å². The molecule has 0 aromatic carbocycles. The molecule has 0 spiro atoms. The second-order valence-corrected chi connectivity index (χ2v) is 4.65. The molecule has 0 N–H and O–H groups in total. The van der Waals surface area contributed by atoms with Crippen LogP contribution >= 0.6 is 0 Å². The number of hydrogen-bond donors (Lipinski definition) is 0. The Labute approximate surface area is 87.6 Å². The highest BCUT2D eigenvalue weighted by molar-refractivity contribution is 4.75. The molecule has 0 bridgehead atoms. The van der Waals surface area contributed by atoms with E-state index in [0.29, 0.717) is 0 Å². The lowest BCUT2D eigenvalue weighted by molar-refractivity contribution is 0.0110. The second kappa shape index (κ2) is 5.72. The minimum absolute atomic E-state index is 0.874. The van der Waals surface area contributed by atoms with E-state index in [2.05, 4.69) is 4.90 Å². The molecule has 1 aliphatic carbocycles. The van der Waals surface area contributed by atoms with Crippen molar-refractivity contribution in [2.24, 2.45) is 0 Å². The maximum Gasteiger partial charge on any atom is 0.0594 e. The fraction of sp³-hybridized carbons (Fsp3) is 1.00. The Morgan fingerprint density at radius 3 is 2.00 bits per heavy atom. The maximum absolute atomic E-state index is 5.40. The van der Waals surface area contributed by atoms with Crippen molar-refractivity contribution in [1.29, 1.82) is 0 Å². The van der Waals surface area contributed by atoms with Crippen LogP contribution < -0.4 is 0 Å². The van der Waals surface area contributed by atoms with Gasteiger partial charge < -0.3 is 4.74 Å². The Kier molecular flexibility index (Phi) is 4.26. The molecule has 2 rings (SSSR count). The van der Waals surface area contributed by atoms with Gasteiger partial charge >= 0.3 is 0 Å². The fourth-order valence-corrected chi connectivity index (χ4v) is 2.74. The van der Waals surface area contributed by atoms with Crippen molar-refractivity contribution in [3.63, 3.8) is 0 Å². The van der Waals surface area contributed by atoms with Crippen LogP contribution in [0.5, 0.6) is 0 Å². The molecule has 2 nitrogen and oxygen atoms in total. The molecule has 1 aliphatic heterocycles. The average molecular weight is 197 g/mol. The Morgan fingerprint density at radius 2 is 1.36 bits per heavy atom. The van der Waals surface area contributed by atoms with E-state index in [9.17, 15) is 0 Å². The number of hydrogen-bond acceptors (Lipinski definition) is 2. The van der Waals surface area contributed by atoms with Crippen LogP contribution in [0.15, 0.2) is 0 Å². The summed E-state index contributed by atoms with van der Waals surface area (Å²) in [4.78, 5) is 2.66. The van der Waals surface area contributed by atoms with Crippen molar-refractivity contribution in [3.8, 4) is 0 Å². The van der Waals surface area contributed by atoms with Crippen LogP contribution in [0.4, 0.5) is 0 Å². The zero-order chi connectivity index (χ0) is 9.64. The molecule has 0 aromatic rings. The van der Waals surface area contributed by atoms with Gasteiger partial charge in [-0.1, -0.05) is 32.1 Å². The van der Waals surface area contributed by atoms with E-state index in [4.69, 9.17) is 4.74 Å². The van der Waals surface area contributed by atoms with Gasteiger partial charge in [0.2, 0.25) is 0 Å². The topological polar surface area (TPSA) is 12.5 Å². The third kappa shape index (κ3) is 2.96. The summed E-state index contributed by atoms with van der Waals surface area (Å²) >= 11 is 0. The third-order valence-corrected chi connectivity index (χ3v) is 3.64. The molecule has 14 heavy (non-hydrogen) atoms. The normalized spacial score (nSPS) is 28.3. The van der Waals surface area contributed by atoms with Crippen LogP contribution in [-0.4, -0.2) is 37.2 Å². The van der Waals surface area contributed by atoms with E-state index in [-0.39, 0.29) is 0 Å². The highest BCUT2D eigenvalue weighted by Crippen LogP contribution is 2.21. The summed E-state index contributed by atoms with van der Waals surface area (Å²) in [5.74, 6) is 0. The zero-order valence-corrected chi connectivity index (χ0v) is 9.21. The molecule has 2 aliphatic rings. The van der Waals surface area contributed by atoms with Gasteiger partial charge in [-0.15, -0.1) is 0 Å². The first-order valence-corrected chi connectivity index (χ1v) is 6.28. The third-order valence-electron chi connectivity index (χ3n) is 3.64. The SMILES string of the molecule is C1CCCC(N2CCOCC2)CCC1. The van der Waals surface area contributed by atoms with Crippen LogP contribution in [-0.2, 0) is 4.74 Å². The molecule has 0 unspecified atom stereocenters. The highest BCUT2D eigenvalue weighted by Gasteiger charge is 2.20. The van der Waals surface area contributed by atoms with Crippen LogP contribution in [0, 0.1) is 0 Å². The van der Waals surface area contributed by atoms with E-state index >= 15 is 0 Å².